The van der Waals surface area contributed by atoms with Gasteiger partial charge in [-0.25, -0.2) is 0 Å². The molecule has 0 aromatic heterocycles. The molecule has 1 unspecified atom stereocenters. The number of rotatable bonds is 7. The molecule has 1 fully saturated rings. The van der Waals surface area contributed by atoms with Gasteiger partial charge < -0.3 is 16.0 Å². The predicted molar refractivity (Wildman–Crippen MR) is 76.4 cm³/mol. The van der Waals surface area contributed by atoms with E-state index in [0.717, 1.165) is 32.1 Å². The summed E-state index contributed by atoms with van der Waals surface area (Å²) >= 11 is 0. The van der Waals surface area contributed by atoms with Gasteiger partial charge in [-0.15, -0.1) is 0 Å². The molecule has 3 nitrogen and oxygen atoms in total. The van der Waals surface area contributed by atoms with E-state index in [1.807, 2.05) is 0 Å². The first-order valence-electron chi connectivity index (χ1n) is 7.05. The molecule has 0 amide bonds. The Labute approximate surface area is 110 Å². The Hall–Kier alpha value is -0.900. The summed E-state index contributed by atoms with van der Waals surface area (Å²) in [4.78, 5) is 2.55. The highest BCUT2D eigenvalue weighted by Crippen LogP contribution is 2.17. The first-order chi connectivity index (χ1) is 8.88. The summed E-state index contributed by atoms with van der Waals surface area (Å²) in [7, 11) is 0. The minimum Gasteiger partial charge on any atom is -0.330 e. The van der Waals surface area contributed by atoms with Crippen LogP contribution < -0.4 is 11.1 Å². The fourth-order valence-electron chi connectivity index (χ4n) is 2.65. The van der Waals surface area contributed by atoms with E-state index in [0.29, 0.717) is 0 Å². The van der Waals surface area contributed by atoms with E-state index in [1.54, 1.807) is 0 Å². The Bertz CT molecular complexity index is 326. The van der Waals surface area contributed by atoms with Crippen LogP contribution in [0.15, 0.2) is 30.3 Å². The molecule has 100 valence electrons. The summed E-state index contributed by atoms with van der Waals surface area (Å²) in [6.07, 6.45) is 2.52. The molecule has 2 rings (SSSR count). The first-order valence-corrected chi connectivity index (χ1v) is 7.05. The highest BCUT2D eigenvalue weighted by molar-refractivity contribution is 5.14. The number of nitrogens with one attached hydrogen (secondary N) is 1. The Balaban J connectivity index is 1.56. The summed E-state index contributed by atoms with van der Waals surface area (Å²) < 4.78 is 0. The van der Waals surface area contributed by atoms with Crippen molar-refractivity contribution in [3.05, 3.63) is 35.9 Å². The van der Waals surface area contributed by atoms with E-state index in [4.69, 9.17) is 5.73 Å². The van der Waals surface area contributed by atoms with Gasteiger partial charge in [0.05, 0.1) is 0 Å². The van der Waals surface area contributed by atoms with Crippen LogP contribution in [0.2, 0.25) is 0 Å². The largest absolute Gasteiger partial charge is 0.330 e. The average Bonchev–Trinajstić information content (AvgIpc) is 2.84. The van der Waals surface area contributed by atoms with Crippen LogP contribution in [-0.4, -0.2) is 37.6 Å². The zero-order chi connectivity index (χ0) is 12.6. The average molecular weight is 247 g/mol. The molecule has 1 aliphatic rings. The maximum absolute atomic E-state index is 5.61. The molecule has 1 aliphatic heterocycles. The van der Waals surface area contributed by atoms with Gasteiger partial charge in [0.1, 0.15) is 0 Å². The molecule has 18 heavy (non-hydrogen) atoms. The van der Waals surface area contributed by atoms with Crippen LogP contribution in [0.4, 0.5) is 0 Å². The number of hydrogen-bond acceptors (Lipinski definition) is 3. The van der Waals surface area contributed by atoms with Gasteiger partial charge >= 0.3 is 0 Å². The third kappa shape index (κ3) is 4.41. The van der Waals surface area contributed by atoms with Crippen LogP contribution in [0.3, 0.4) is 0 Å². The molecule has 0 aliphatic carbocycles. The number of benzene rings is 1. The van der Waals surface area contributed by atoms with Gasteiger partial charge in [0.15, 0.2) is 0 Å². The monoisotopic (exact) mass is 247 g/mol. The van der Waals surface area contributed by atoms with E-state index >= 15 is 0 Å². The molecule has 0 bridgehead atoms. The van der Waals surface area contributed by atoms with Gasteiger partial charge in [0, 0.05) is 26.2 Å². The number of likely N-dealkylation sites (tertiary alicyclic amines) is 1. The van der Waals surface area contributed by atoms with Crippen molar-refractivity contribution in [1.82, 2.24) is 10.2 Å². The van der Waals surface area contributed by atoms with Crippen LogP contribution >= 0.6 is 0 Å². The highest BCUT2D eigenvalue weighted by Gasteiger charge is 2.20. The molecule has 3 heteroatoms. The molecule has 1 atom stereocenters. The van der Waals surface area contributed by atoms with Crippen LogP contribution in [-0.2, 0) is 6.54 Å². The summed E-state index contributed by atoms with van der Waals surface area (Å²) in [6.45, 7) is 6.53. The lowest BCUT2D eigenvalue weighted by Gasteiger charge is -2.16. The van der Waals surface area contributed by atoms with E-state index in [1.165, 1.54) is 31.5 Å². The van der Waals surface area contributed by atoms with E-state index in [-0.39, 0.29) is 0 Å². The minimum atomic E-state index is 0.837. The molecule has 0 radical (unpaired) electrons. The Morgan fingerprint density at radius 2 is 2.11 bits per heavy atom. The zero-order valence-electron chi connectivity index (χ0n) is 11.1. The molecule has 3 N–H and O–H groups in total. The third-order valence-electron chi connectivity index (χ3n) is 3.72. The lowest BCUT2D eigenvalue weighted by atomic mass is 10.1. The summed E-state index contributed by atoms with van der Waals surface area (Å²) in [6, 6.07) is 10.6. The topological polar surface area (TPSA) is 41.3 Å². The second-order valence-corrected chi connectivity index (χ2v) is 5.20. The third-order valence-corrected chi connectivity index (χ3v) is 3.72. The number of hydrogen-bond donors (Lipinski definition) is 2. The van der Waals surface area contributed by atoms with Crippen molar-refractivity contribution in [1.29, 1.82) is 0 Å². The van der Waals surface area contributed by atoms with Crippen molar-refractivity contribution < 1.29 is 0 Å². The normalized spacial score (nSPS) is 20.4. The summed E-state index contributed by atoms with van der Waals surface area (Å²) in [5.74, 6) is 0.837. The van der Waals surface area contributed by atoms with Gasteiger partial charge in [0.2, 0.25) is 0 Å². The van der Waals surface area contributed by atoms with Crippen LogP contribution in [0.1, 0.15) is 18.4 Å². The molecular weight excluding hydrogens is 222 g/mol. The van der Waals surface area contributed by atoms with Crippen molar-refractivity contribution in [3.63, 3.8) is 0 Å². The minimum absolute atomic E-state index is 0.837. The summed E-state index contributed by atoms with van der Waals surface area (Å²) in [5.41, 5.74) is 6.97. The van der Waals surface area contributed by atoms with Crippen LogP contribution in [0, 0.1) is 5.92 Å². The van der Waals surface area contributed by atoms with Crippen molar-refractivity contribution in [2.75, 3.05) is 32.7 Å². The van der Waals surface area contributed by atoms with Crippen molar-refractivity contribution in [2.24, 2.45) is 11.7 Å². The zero-order valence-corrected chi connectivity index (χ0v) is 11.1. The number of nitrogens with two attached hydrogens (primary N) is 1. The van der Waals surface area contributed by atoms with Crippen LogP contribution in [0.5, 0.6) is 0 Å². The Morgan fingerprint density at radius 3 is 2.89 bits per heavy atom. The maximum Gasteiger partial charge on any atom is 0.0206 e. The van der Waals surface area contributed by atoms with Gasteiger partial charge in [-0.05, 0) is 37.4 Å². The quantitative estimate of drug-likeness (QED) is 0.717. The Morgan fingerprint density at radius 1 is 1.28 bits per heavy atom. The molecule has 0 saturated carbocycles. The van der Waals surface area contributed by atoms with Crippen molar-refractivity contribution in [2.45, 2.75) is 19.4 Å². The van der Waals surface area contributed by atoms with Crippen molar-refractivity contribution >= 4 is 0 Å². The fourth-order valence-corrected chi connectivity index (χ4v) is 2.65. The molecule has 1 saturated heterocycles. The molecular formula is C15H25N3. The van der Waals surface area contributed by atoms with Gasteiger partial charge in [0.25, 0.3) is 0 Å². The van der Waals surface area contributed by atoms with E-state index < -0.39 is 0 Å². The highest BCUT2D eigenvalue weighted by atomic mass is 15.2. The van der Waals surface area contributed by atoms with Crippen LogP contribution in [0.25, 0.3) is 0 Å². The first kappa shape index (κ1) is 13.5. The standard InChI is InChI=1S/C15H25N3/c16-8-6-15-7-10-18(13-15)11-9-17-12-14-4-2-1-3-5-14/h1-5,15,17H,6-13,16H2. The van der Waals surface area contributed by atoms with Gasteiger partial charge in [-0.2, -0.15) is 0 Å². The fraction of sp³-hybridized carbons (Fsp3) is 0.600. The summed E-state index contributed by atoms with van der Waals surface area (Å²) in [5, 5.41) is 3.51. The van der Waals surface area contributed by atoms with Crippen molar-refractivity contribution in [3.8, 4) is 0 Å². The second kappa shape index (κ2) is 7.52. The second-order valence-electron chi connectivity index (χ2n) is 5.20. The molecule has 1 aromatic rings. The van der Waals surface area contributed by atoms with Gasteiger partial charge in [-0.3, -0.25) is 0 Å². The van der Waals surface area contributed by atoms with E-state index in [9.17, 15) is 0 Å². The van der Waals surface area contributed by atoms with Gasteiger partial charge in [-0.1, -0.05) is 30.3 Å². The smallest absolute Gasteiger partial charge is 0.0206 e. The number of nitrogens with zero attached hydrogens (tertiary/aromatic N) is 1. The molecule has 1 heterocycles. The molecule has 1 aromatic carbocycles. The lowest BCUT2D eigenvalue weighted by Crippen LogP contribution is -2.30. The molecule has 0 spiro atoms. The SMILES string of the molecule is NCCC1CCN(CCNCc2ccccc2)C1. The van der Waals surface area contributed by atoms with E-state index in [2.05, 4.69) is 40.5 Å². The maximum atomic E-state index is 5.61. The Kier molecular flexibility index (Phi) is 5.65. The lowest BCUT2D eigenvalue weighted by molar-refractivity contribution is 0.319. The predicted octanol–water partition coefficient (Wildman–Crippen LogP) is 1.45.